The van der Waals surface area contributed by atoms with Gasteiger partial charge >= 0.3 is 6.03 Å². The van der Waals surface area contributed by atoms with Crippen molar-refractivity contribution in [2.24, 2.45) is 0 Å². The first-order chi connectivity index (χ1) is 12.1. The molecule has 1 atom stereocenters. The Morgan fingerprint density at radius 2 is 1.56 bits per heavy atom. The first-order valence-electron chi connectivity index (χ1n) is 8.26. The highest BCUT2D eigenvalue weighted by Crippen LogP contribution is 2.30. The van der Waals surface area contributed by atoms with Crippen LogP contribution >= 0.6 is 0 Å². The Balaban J connectivity index is 1.70. The highest BCUT2D eigenvalue weighted by atomic mass is 16.2. The molecule has 124 valence electrons. The quantitative estimate of drug-likeness (QED) is 0.743. The van der Waals surface area contributed by atoms with Gasteiger partial charge in [-0.2, -0.15) is 0 Å². The van der Waals surface area contributed by atoms with Crippen molar-refractivity contribution in [1.29, 1.82) is 0 Å². The van der Waals surface area contributed by atoms with E-state index in [4.69, 9.17) is 0 Å². The van der Waals surface area contributed by atoms with Crippen LogP contribution < -0.4 is 5.32 Å². The number of nitrogens with one attached hydrogen (secondary N) is 1. The number of imide groups is 1. The first-order valence-corrected chi connectivity index (χ1v) is 8.26. The maximum atomic E-state index is 13.0. The normalized spacial score (nSPS) is 20.1. The predicted octanol–water partition coefficient (Wildman–Crippen LogP) is 3.81. The van der Waals surface area contributed by atoms with Crippen LogP contribution in [0.25, 0.3) is 10.8 Å². The van der Waals surface area contributed by atoms with Crippen molar-refractivity contribution >= 4 is 22.7 Å². The maximum absolute atomic E-state index is 13.0. The molecule has 1 aliphatic rings. The van der Waals surface area contributed by atoms with E-state index in [-0.39, 0.29) is 18.5 Å². The minimum Gasteiger partial charge on any atom is -0.319 e. The van der Waals surface area contributed by atoms with E-state index in [0.717, 1.165) is 21.9 Å². The summed E-state index contributed by atoms with van der Waals surface area (Å²) >= 11 is 0. The average Bonchev–Trinajstić information content (AvgIpc) is 2.87. The standard InChI is InChI=1S/C21H18N2O2/c1-21(17-11-3-2-4-12-17)19(24)23(20(25)22-21)14-16-10-7-9-15-8-5-6-13-18(15)16/h2-13H,14H2,1H3,(H,22,25). The lowest BCUT2D eigenvalue weighted by atomic mass is 9.92. The van der Waals surface area contributed by atoms with Gasteiger partial charge in [-0.25, -0.2) is 4.79 Å². The van der Waals surface area contributed by atoms with Crippen molar-refractivity contribution < 1.29 is 9.59 Å². The van der Waals surface area contributed by atoms with E-state index in [9.17, 15) is 9.59 Å². The van der Waals surface area contributed by atoms with Gasteiger partial charge in [0.05, 0.1) is 6.54 Å². The largest absolute Gasteiger partial charge is 0.325 e. The van der Waals surface area contributed by atoms with Crippen molar-refractivity contribution in [3.8, 4) is 0 Å². The minimum absolute atomic E-state index is 0.225. The fourth-order valence-electron chi connectivity index (χ4n) is 3.41. The van der Waals surface area contributed by atoms with Gasteiger partial charge in [0.2, 0.25) is 0 Å². The summed E-state index contributed by atoms with van der Waals surface area (Å²) in [6.45, 7) is 2.01. The smallest absolute Gasteiger partial charge is 0.319 e. The van der Waals surface area contributed by atoms with Crippen molar-refractivity contribution in [2.45, 2.75) is 19.0 Å². The average molecular weight is 330 g/mol. The summed E-state index contributed by atoms with van der Waals surface area (Å²) in [5.74, 6) is -0.225. The topological polar surface area (TPSA) is 49.4 Å². The summed E-state index contributed by atoms with van der Waals surface area (Å²) < 4.78 is 0. The molecule has 4 heteroatoms. The van der Waals surface area contributed by atoms with Gasteiger partial charge in [-0.3, -0.25) is 9.69 Å². The maximum Gasteiger partial charge on any atom is 0.325 e. The molecule has 3 aromatic rings. The van der Waals surface area contributed by atoms with E-state index in [2.05, 4.69) is 5.32 Å². The van der Waals surface area contributed by atoms with Gasteiger partial charge in [0.1, 0.15) is 5.54 Å². The Morgan fingerprint density at radius 1 is 0.880 bits per heavy atom. The predicted molar refractivity (Wildman–Crippen MR) is 96.8 cm³/mol. The van der Waals surface area contributed by atoms with Crippen LogP contribution in [0.15, 0.2) is 72.8 Å². The molecule has 3 aromatic carbocycles. The molecule has 0 aliphatic carbocycles. The second kappa shape index (κ2) is 5.74. The molecule has 1 unspecified atom stereocenters. The third-order valence-corrected chi connectivity index (χ3v) is 4.83. The van der Waals surface area contributed by atoms with Crippen LogP contribution in [0.2, 0.25) is 0 Å². The zero-order chi connectivity index (χ0) is 17.4. The molecule has 4 nitrogen and oxygen atoms in total. The number of nitrogens with zero attached hydrogens (tertiary/aromatic N) is 1. The Labute approximate surface area is 146 Å². The lowest BCUT2D eigenvalue weighted by Gasteiger charge is -2.22. The van der Waals surface area contributed by atoms with E-state index in [1.807, 2.05) is 72.8 Å². The summed E-state index contributed by atoms with van der Waals surface area (Å²) in [5.41, 5.74) is 0.718. The second-order valence-corrected chi connectivity index (χ2v) is 6.45. The van der Waals surface area contributed by atoms with Gasteiger partial charge in [-0.15, -0.1) is 0 Å². The molecule has 0 radical (unpaired) electrons. The highest BCUT2D eigenvalue weighted by molar-refractivity contribution is 6.07. The van der Waals surface area contributed by atoms with Crippen LogP contribution in [0, 0.1) is 0 Å². The SMILES string of the molecule is CC1(c2ccccc2)NC(=O)N(Cc2cccc3ccccc23)C1=O. The van der Waals surface area contributed by atoms with Crippen molar-refractivity contribution in [2.75, 3.05) is 0 Å². The lowest BCUT2D eigenvalue weighted by molar-refractivity contribution is -0.131. The van der Waals surface area contributed by atoms with Crippen LogP contribution in [0.5, 0.6) is 0 Å². The summed E-state index contributed by atoms with van der Waals surface area (Å²) in [5, 5.41) is 5.00. The summed E-state index contributed by atoms with van der Waals surface area (Å²) in [6, 6.07) is 22.9. The summed E-state index contributed by atoms with van der Waals surface area (Å²) in [7, 11) is 0. The Hall–Kier alpha value is -3.14. The zero-order valence-electron chi connectivity index (χ0n) is 13.9. The fraction of sp³-hybridized carbons (Fsp3) is 0.143. The third kappa shape index (κ3) is 2.47. The van der Waals surface area contributed by atoms with Gasteiger partial charge in [0.15, 0.2) is 0 Å². The minimum atomic E-state index is -1.02. The van der Waals surface area contributed by atoms with Gasteiger partial charge < -0.3 is 5.32 Å². The van der Waals surface area contributed by atoms with Crippen LogP contribution in [0.3, 0.4) is 0 Å². The van der Waals surface area contributed by atoms with Gasteiger partial charge in [0, 0.05) is 0 Å². The van der Waals surface area contributed by atoms with Crippen molar-refractivity contribution in [3.05, 3.63) is 83.9 Å². The van der Waals surface area contributed by atoms with E-state index < -0.39 is 5.54 Å². The third-order valence-electron chi connectivity index (χ3n) is 4.83. The summed E-state index contributed by atoms with van der Waals surface area (Å²) in [4.78, 5) is 26.8. The number of fused-ring (bicyclic) bond motifs is 1. The van der Waals surface area contributed by atoms with E-state index in [1.165, 1.54) is 4.90 Å². The van der Waals surface area contributed by atoms with Crippen LogP contribution in [0.1, 0.15) is 18.1 Å². The number of rotatable bonds is 3. The lowest BCUT2D eigenvalue weighted by Crippen LogP contribution is -2.40. The second-order valence-electron chi connectivity index (χ2n) is 6.45. The van der Waals surface area contributed by atoms with Crippen LogP contribution in [0.4, 0.5) is 4.79 Å². The number of urea groups is 1. The van der Waals surface area contributed by atoms with Crippen molar-refractivity contribution in [1.82, 2.24) is 10.2 Å². The molecule has 4 rings (SSSR count). The molecule has 1 N–H and O–H groups in total. The van der Waals surface area contributed by atoms with Crippen LogP contribution in [-0.4, -0.2) is 16.8 Å². The molecule has 1 aliphatic heterocycles. The van der Waals surface area contributed by atoms with Crippen LogP contribution in [-0.2, 0) is 16.9 Å². The number of benzene rings is 3. The molecule has 1 heterocycles. The van der Waals surface area contributed by atoms with Gasteiger partial charge in [-0.1, -0.05) is 72.8 Å². The fourth-order valence-corrected chi connectivity index (χ4v) is 3.41. The van der Waals surface area contributed by atoms with Gasteiger partial charge in [0.25, 0.3) is 5.91 Å². The van der Waals surface area contributed by atoms with Gasteiger partial charge in [-0.05, 0) is 28.8 Å². The molecule has 1 fully saturated rings. The Kier molecular flexibility index (Phi) is 3.53. The molecule has 0 bridgehead atoms. The summed E-state index contributed by atoms with van der Waals surface area (Å²) in [6.07, 6.45) is 0. The van der Waals surface area contributed by atoms with E-state index >= 15 is 0 Å². The Morgan fingerprint density at radius 3 is 2.36 bits per heavy atom. The first kappa shape index (κ1) is 15.4. The molecule has 0 spiro atoms. The number of carbonyl (C=O) groups excluding carboxylic acids is 2. The van der Waals surface area contributed by atoms with E-state index in [0.29, 0.717) is 0 Å². The van der Waals surface area contributed by atoms with E-state index in [1.54, 1.807) is 6.92 Å². The number of hydrogen-bond donors (Lipinski definition) is 1. The number of hydrogen-bond acceptors (Lipinski definition) is 2. The molecular formula is C21H18N2O2. The molecular weight excluding hydrogens is 312 g/mol. The number of amides is 3. The van der Waals surface area contributed by atoms with Crippen molar-refractivity contribution in [3.63, 3.8) is 0 Å². The molecule has 1 saturated heterocycles. The molecule has 3 amide bonds. The monoisotopic (exact) mass is 330 g/mol. The molecule has 25 heavy (non-hydrogen) atoms. The number of carbonyl (C=O) groups is 2. The molecule has 0 aromatic heterocycles. The highest BCUT2D eigenvalue weighted by Gasteiger charge is 2.48. The molecule has 0 saturated carbocycles. The zero-order valence-corrected chi connectivity index (χ0v) is 13.9. The Bertz CT molecular complexity index is 963.